The first-order chi connectivity index (χ1) is 11.4. The molecular formula is C16H16ClF3N4. The smallest absolute Gasteiger partial charge is 0.365 e. The van der Waals surface area contributed by atoms with Gasteiger partial charge in [0.25, 0.3) is 0 Å². The highest BCUT2D eigenvalue weighted by Crippen LogP contribution is 2.29. The van der Waals surface area contributed by atoms with Crippen LogP contribution in [0.4, 0.5) is 19.0 Å². The van der Waals surface area contributed by atoms with E-state index in [1.807, 2.05) is 0 Å². The fraction of sp³-hybridized carbons (Fsp3) is 0.375. The van der Waals surface area contributed by atoms with Gasteiger partial charge in [-0.25, -0.2) is 9.97 Å². The summed E-state index contributed by atoms with van der Waals surface area (Å²) in [6, 6.07) is 5.52. The SMILES string of the molecule is FC(F)(F)c1ccc(CN2CCC(Nc3ncncc3Cl)C2)cc1. The first-order valence-electron chi connectivity index (χ1n) is 7.52. The maximum absolute atomic E-state index is 12.6. The molecule has 0 spiro atoms. The lowest BCUT2D eigenvalue weighted by molar-refractivity contribution is -0.137. The number of alkyl halides is 3. The van der Waals surface area contributed by atoms with Gasteiger partial charge in [0.1, 0.15) is 17.2 Å². The molecule has 1 fully saturated rings. The Bertz CT molecular complexity index is 690. The summed E-state index contributed by atoms with van der Waals surface area (Å²) in [5.41, 5.74) is 0.245. The molecule has 1 atom stereocenters. The molecule has 1 aliphatic rings. The summed E-state index contributed by atoms with van der Waals surface area (Å²) in [4.78, 5) is 10.1. The number of rotatable bonds is 4. The summed E-state index contributed by atoms with van der Waals surface area (Å²) in [5, 5.41) is 3.75. The molecule has 2 aromatic rings. The van der Waals surface area contributed by atoms with Crippen LogP contribution in [0.25, 0.3) is 0 Å². The third-order valence-electron chi connectivity index (χ3n) is 3.97. The largest absolute Gasteiger partial charge is 0.416 e. The number of halogens is 4. The van der Waals surface area contributed by atoms with Crippen LogP contribution >= 0.6 is 11.6 Å². The third kappa shape index (κ3) is 4.15. The van der Waals surface area contributed by atoms with E-state index < -0.39 is 11.7 Å². The summed E-state index contributed by atoms with van der Waals surface area (Å²) >= 11 is 6.03. The molecule has 1 aromatic carbocycles. The maximum Gasteiger partial charge on any atom is 0.416 e. The van der Waals surface area contributed by atoms with Crippen molar-refractivity contribution in [2.45, 2.75) is 25.2 Å². The monoisotopic (exact) mass is 356 g/mol. The van der Waals surface area contributed by atoms with Gasteiger partial charge < -0.3 is 5.32 Å². The lowest BCUT2D eigenvalue weighted by Gasteiger charge is -2.17. The molecule has 0 radical (unpaired) electrons. The van der Waals surface area contributed by atoms with E-state index in [0.717, 1.165) is 37.2 Å². The summed E-state index contributed by atoms with van der Waals surface area (Å²) in [6.07, 6.45) is -0.409. The Morgan fingerprint density at radius 3 is 2.67 bits per heavy atom. The van der Waals surface area contributed by atoms with E-state index in [-0.39, 0.29) is 6.04 Å². The first kappa shape index (κ1) is 17.0. The maximum atomic E-state index is 12.6. The molecule has 0 amide bonds. The Kier molecular flexibility index (Phi) is 4.91. The van der Waals surface area contributed by atoms with Crippen LogP contribution in [-0.4, -0.2) is 34.0 Å². The number of aromatic nitrogens is 2. The molecule has 3 rings (SSSR count). The van der Waals surface area contributed by atoms with Crippen molar-refractivity contribution in [3.8, 4) is 0 Å². The second-order valence-corrected chi connectivity index (χ2v) is 6.19. The normalized spacial score (nSPS) is 18.8. The number of nitrogens with one attached hydrogen (secondary N) is 1. The zero-order valence-corrected chi connectivity index (χ0v) is 13.5. The lowest BCUT2D eigenvalue weighted by atomic mass is 10.1. The van der Waals surface area contributed by atoms with Crippen LogP contribution in [-0.2, 0) is 12.7 Å². The van der Waals surface area contributed by atoms with Crippen molar-refractivity contribution in [1.29, 1.82) is 0 Å². The highest BCUT2D eigenvalue weighted by molar-refractivity contribution is 6.32. The molecule has 0 bridgehead atoms. The fourth-order valence-corrected chi connectivity index (χ4v) is 2.92. The van der Waals surface area contributed by atoms with Crippen molar-refractivity contribution < 1.29 is 13.2 Å². The summed E-state index contributed by atoms with van der Waals surface area (Å²) < 4.78 is 37.7. The van der Waals surface area contributed by atoms with Gasteiger partial charge in [0.05, 0.1) is 11.8 Å². The molecule has 4 nitrogen and oxygen atoms in total. The number of anilines is 1. The number of benzene rings is 1. The summed E-state index contributed by atoms with van der Waals surface area (Å²) in [5.74, 6) is 0.605. The third-order valence-corrected chi connectivity index (χ3v) is 4.24. The average molecular weight is 357 g/mol. The zero-order chi connectivity index (χ0) is 17.2. The highest BCUT2D eigenvalue weighted by Gasteiger charge is 2.30. The van der Waals surface area contributed by atoms with Crippen LogP contribution in [0.1, 0.15) is 17.5 Å². The molecule has 1 N–H and O–H groups in total. The van der Waals surface area contributed by atoms with Crippen LogP contribution in [0.3, 0.4) is 0 Å². The molecule has 1 unspecified atom stereocenters. The number of likely N-dealkylation sites (tertiary alicyclic amines) is 1. The molecular weight excluding hydrogens is 341 g/mol. The lowest BCUT2D eigenvalue weighted by Crippen LogP contribution is -2.26. The minimum Gasteiger partial charge on any atom is -0.365 e. The Balaban J connectivity index is 1.55. The number of hydrogen-bond donors (Lipinski definition) is 1. The van der Waals surface area contributed by atoms with Gasteiger partial charge in [0, 0.05) is 25.7 Å². The van der Waals surface area contributed by atoms with Crippen molar-refractivity contribution in [2.24, 2.45) is 0 Å². The predicted octanol–water partition coefficient (Wildman–Crippen LogP) is 3.84. The molecule has 0 saturated carbocycles. The van der Waals surface area contributed by atoms with Gasteiger partial charge in [-0.2, -0.15) is 13.2 Å². The van der Waals surface area contributed by atoms with E-state index in [1.165, 1.54) is 24.7 Å². The number of hydrogen-bond acceptors (Lipinski definition) is 4. The summed E-state index contributed by atoms with van der Waals surface area (Å²) in [6.45, 7) is 2.26. The topological polar surface area (TPSA) is 41.0 Å². The predicted molar refractivity (Wildman–Crippen MR) is 85.8 cm³/mol. The Labute approximate surface area is 142 Å². The molecule has 1 saturated heterocycles. The molecule has 1 aliphatic heterocycles. The first-order valence-corrected chi connectivity index (χ1v) is 7.90. The molecule has 1 aromatic heterocycles. The van der Waals surface area contributed by atoms with Crippen LogP contribution in [0.5, 0.6) is 0 Å². The summed E-state index contributed by atoms with van der Waals surface area (Å²) in [7, 11) is 0. The van der Waals surface area contributed by atoms with E-state index in [2.05, 4.69) is 20.2 Å². The molecule has 2 heterocycles. The van der Waals surface area contributed by atoms with Gasteiger partial charge in [-0.05, 0) is 24.1 Å². The minimum atomic E-state index is -4.29. The van der Waals surface area contributed by atoms with Crippen LogP contribution < -0.4 is 5.32 Å². The van der Waals surface area contributed by atoms with Gasteiger partial charge in [0.2, 0.25) is 0 Å². The van der Waals surface area contributed by atoms with E-state index in [0.29, 0.717) is 17.4 Å². The highest BCUT2D eigenvalue weighted by atomic mass is 35.5. The van der Waals surface area contributed by atoms with Gasteiger partial charge in [-0.3, -0.25) is 4.90 Å². The van der Waals surface area contributed by atoms with Crippen molar-refractivity contribution in [3.63, 3.8) is 0 Å². The Morgan fingerprint density at radius 1 is 1.25 bits per heavy atom. The van der Waals surface area contributed by atoms with Gasteiger partial charge >= 0.3 is 6.18 Å². The molecule has 24 heavy (non-hydrogen) atoms. The Morgan fingerprint density at radius 2 is 2.00 bits per heavy atom. The second-order valence-electron chi connectivity index (χ2n) is 5.78. The molecule has 128 valence electrons. The Hall–Kier alpha value is -1.86. The standard InChI is InChI=1S/C16H16ClF3N4/c17-14-7-21-10-22-15(14)23-13-5-6-24(9-13)8-11-1-3-12(4-2-11)16(18,19)20/h1-4,7,10,13H,5-6,8-9H2,(H,21,22,23). The van der Waals surface area contributed by atoms with Crippen molar-refractivity contribution in [2.75, 3.05) is 18.4 Å². The van der Waals surface area contributed by atoms with E-state index in [4.69, 9.17) is 11.6 Å². The van der Waals surface area contributed by atoms with E-state index >= 15 is 0 Å². The van der Waals surface area contributed by atoms with Crippen LogP contribution in [0, 0.1) is 0 Å². The van der Waals surface area contributed by atoms with Gasteiger partial charge in [-0.15, -0.1) is 0 Å². The quantitative estimate of drug-likeness (QED) is 0.903. The van der Waals surface area contributed by atoms with Gasteiger partial charge in [-0.1, -0.05) is 23.7 Å². The van der Waals surface area contributed by atoms with Gasteiger partial charge in [0.15, 0.2) is 0 Å². The molecule has 0 aliphatic carbocycles. The van der Waals surface area contributed by atoms with Crippen molar-refractivity contribution in [3.05, 3.63) is 52.9 Å². The van der Waals surface area contributed by atoms with E-state index in [9.17, 15) is 13.2 Å². The fourth-order valence-electron chi connectivity index (χ4n) is 2.76. The van der Waals surface area contributed by atoms with Crippen LogP contribution in [0.15, 0.2) is 36.8 Å². The van der Waals surface area contributed by atoms with E-state index in [1.54, 1.807) is 0 Å². The minimum absolute atomic E-state index is 0.201. The second kappa shape index (κ2) is 6.94. The zero-order valence-electron chi connectivity index (χ0n) is 12.7. The average Bonchev–Trinajstić information content (AvgIpc) is 2.96. The van der Waals surface area contributed by atoms with Crippen LogP contribution in [0.2, 0.25) is 5.02 Å². The molecule has 8 heteroatoms. The van der Waals surface area contributed by atoms with Crippen molar-refractivity contribution >= 4 is 17.4 Å². The van der Waals surface area contributed by atoms with Crippen molar-refractivity contribution in [1.82, 2.24) is 14.9 Å². The number of nitrogens with zero attached hydrogens (tertiary/aromatic N) is 3.